The van der Waals surface area contributed by atoms with Crippen LogP contribution in [0.4, 0.5) is 4.39 Å². The zero-order chi connectivity index (χ0) is 17.3. The van der Waals surface area contributed by atoms with E-state index in [0.717, 1.165) is 25.4 Å². The Hall–Kier alpha value is -1.67. The lowest BCUT2D eigenvalue weighted by Gasteiger charge is -2.30. The smallest absolute Gasteiger partial charge is 0.123 e. The second kappa shape index (κ2) is 9.72. The van der Waals surface area contributed by atoms with Crippen molar-refractivity contribution in [2.75, 3.05) is 13.1 Å². The monoisotopic (exact) mass is 339 g/mol. The molecule has 0 heterocycles. The summed E-state index contributed by atoms with van der Waals surface area (Å²) in [6.45, 7) is 3.24. The van der Waals surface area contributed by atoms with E-state index in [1.54, 1.807) is 12.1 Å². The Morgan fingerprint density at radius 3 is 2.28 bits per heavy atom. The van der Waals surface area contributed by atoms with E-state index >= 15 is 0 Å². The van der Waals surface area contributed by atoms with Crippen LogP contribution in [0.15, 0.2) is 54.6 Å². The molecule has 0 bridgehead atoms. The van der Waals surface area contributed by atoms with Crippen LogP contribution in [-0.2, 0) is 13.0 Å². The fourth-order valence-electron chi connectivity index (χ4n) is 3.97. The predicted octanol–water partition coefficient (Wildman–Crippen LogP) is 5.84. The molecule has 0 radical (unpaired) electrons. The highest BCUT2D eigenvalue weighted by Gasteiger charge is 2.17. The van der Waals surface area contributed by atoms with E-state index in [-0.39, 0.29) is 5.82 Å². The summed E-state index contributed by atoms with van der Waals surface area (Å²) in [5.41, 5.74) is 2.64. The summed E-state index contributed by atoms with van der Waals surface area (Å²) >= 11 is 0. The highest BCUT2D eigenvalue weighted by Crippen LogP contribution is 2.25. The zero-order valence-corrected chi connectivity index (χ0v) is 15.2. The minimum absolute atomic E-state index is 0.147. The number of hydrogen-bond acceptors (Lipinski definition) is 1. The molecular formula is C23H30FN. The molecule has 2 aromatic rings. The van der Waals surface area contributed by atoms with Gasteiger partial charge in [0.05, 0.1) is 0 Å². The molecule has 1 saturated carbocycles. The van der Waals surface area contributed by atoms with Gasteiger partial charge in [-0.3, -0.25) is 4.90 Å². The van der Waals surface area contributed by atoms with Gasteiger partial charge in [0.1, 0.15) is 5.82 Å². The van der Waals surface area contributed by atoms with Crippen LogP contribution in [-0.4, -0.2) is 18.0 Å². The molecule has 0 aliphatic heterocycles. The molecule has 0 N–H and O–H groups in total. The van der Waals surface area contributed by atoms with Crippen molar-refractivity contribution in [3.05, 3.63) is 71.5 Å². The van der Waals surface area contributed by atoms with Crippen molar-refractivity contribution in [1.82, 2.24) is 4.90 Å². The molecule has 2 heteroatoms. The van der Waals surface area contributed by atoms with Crippen molar-refractivity contribution in [3.63, 3.8) is 0 Å². The van der Waals surface area contributed by atoms with Gasteiger partial charge in [-0.05, 0) is 61.4 Å². The molecule has 0 amide bonds. The maximum absolute atomic E-state index is 13.2. The number of hydrogen-bond donors (Lipinski definition) is 0. The van der Waals surface area contributed by atoms with Gasteiger partial charge < -0.3 is 0 Å². The Labute approximate surface area is 151 Å². The van der Waals surface area contributed by atoms with Crippen molar-refractivity contribution < 1.29 is 4.39 Å². The third-order valence-electron chi connectivity index (χ3n) is 5.34. The van der Waals surface area contributed by atoms with Gasteiger partial charge in [0.2, 0.25) is 0 Å². The Morgan fingerprint density at radius 1 is 0.840 bits per heavy atom. The van der Waals surface area contributed by atoms with Gasteiger partial charge in [0.15, 0.2) is 0 Å². The average molecular weight is 339 g/mol. The number of nitrogens with zero attached hydrogens (tertiary/aromatic N) is 1. The minimum Gasteiger partial charge on any atom is -0.299 e. The van der Waals surface area contributed by atoms with E-state index in [1.807, 2.05) is 12.1 Å². The molecule has 0 atom stereocenters. The Bertz CT molecular complexity index is 602. The highest BCUT2D eigenvalue weighted by molar-refractivity contribution is 5.16. The summed E-state index contributed by atoms with van der Waals surface area (Å²) in [6.07, 6.45) is 9.24. The van der Waals surface area contributed by atoms with E-state index < -0.39 is 0 Å². The van der Waals surface area contributed by atoms with Crippen molar-refractivity contribution >= 4 is 0 Å². The van der Waals surface area contributed by atoms with Crippen LogP contribution in [0.2, 0.25) is 0 Å². The number of benzene rings is 2. The summed E-state index contributed by atoms with van der Waals surface area (Å²) in [5, 5.41) is 0. The van der Waals surface area contributed by atoms with E-state index in [0.29, 0.717) is 0 Å². The Kier molecular flexibility index (Phi) is 7.05. The zero-order valence-electron chi connectivity index (χ0n) is 15.2. The Morgan fingerprint density at radius 2 is 1.56 bits per heavy atom. The third kappa shape index (κ3) is 6.28. The van der Waals surface area contributed by atoms with Crippen molar-refractivity contribution in [3.8, 4) is 0 Å². The van der Waals surface area contributed by atoms with Crippen LogP contribution in [0.5, 0.6) is 0 Å². The summed E-state index contributed by atoms with van der Waals surface area (Å²) < 4.78 is 13.2. The molecule has 1 fully saturated rings. The van der Waals surface area contributed by atoms with Crippen molar-refractivity contribution in [1.29, 1.82) is 0 Å². The quantitative estimate of drug-likeness (QED) is 0.584. The predicted molar refractivity (Wildman–Crippen MR) is 103 cm³/mol. The lowest BCUT2D eigenvalue weighted by molar-refractivity contribution is 0.192. The first-order valence-corrected chi connectivity index (χ1v) is 9.80. The van der Waals surface area contributed by atoms with Gasteiger partial charge in [-0.1, -0.05) is 61.7 Å². The van der Waals surface area contributed by atoms with Gasteiger partial charge in [-0.15, -0.1) is 0 Å². The van der Waals surface area contributed by atoms with Crippen LogP contribution in [0, 0.1) is 11.7 Å². The topological polar surface area (TPSA) is 3.24 Å². The molecule has 0 unspecified atom stereocenters. The van der Waals surface area contributed by atoms with Crippen LogP contribution in [0.25, 0.3) is 0 Å². The lowest BCUT2D eigenvalue weighted by Crippen LogP contribution is -2.31. The second-order valence-corrected chi connectivity index (χ2v) is 7.45. The summed E-state index contributed by atoms with van der Waals surface area (Å²) in [6, 6.07) is 17.8. The molecule has 0 saturated heterocycles. The largest absolute Gasteiger partial charge is 0.299 e. The molecule has 134 valence electrons. The van der Waals surface area contributed by atoms with Crippen LogP contribution in [0.1, 0.15) is 49.7 Å². The average Bonchev–Trinajstić information content (AvgIpc) is 2.65. The summed E-state index contributed by atoms with van der Waals surface area (Å²) in [7, 11) is 0. The number of halogens is 1. The maximum atomic E-state index is 13.2. The molecule has 0 spiro atoms. The van der Waals surface area contributed by atoms with Crippen molar-refractivity contribution in [2.24, 2.45) is 5.92 Å². The number of aryl methyl sites for hydroxylation is 1. The summed E-state index contributed by atoms with van der Waals surface area (Å²) in [5.74, 6) is 0.692. The molecule has 1 aliphatic rings. The second-order valence-electron chi connectivity index (χ2n) is 7.45. The first-order valence-electron chi connectivity index (χ1n) is 9.80. The fourth-order valence-corrected chi connectivity index (χ4v) is 3.97. The van der Waals surface area contributed by atoms with Gasteiger partial charge in [-0.2, -0.15) is 0 Å². The van der Waals surface area contributed by atoms with E-state index in [2.05, 4.69) is 35.2 Å². The molecule has 1 aliphatic carbocycles. The van der Waals surface area contributed by atoms with Crippen LogP contribution < -0.4 is 0 Å². The lowest BCUT2D eigenvalue weighted by atomic mass is 9.89. The first-order chi connectivity index (χ1) is 12.3. The van der Waals surface area contributed by atoms with E-state index in [1.165, 1.54) is 56.2 Å². The normalized spacial score (nSPS) is 15.6. The molecule has 3 rings (SSSR count). The first kappa shape index (κ1) is 18.1. The van der Waals surface area contributed by atoms with Gasteiger partial charge in [0, 0.05) is 13.1 Å². The molecule has 25 heavy (non-hydrogen) atoms. The molecule has 1 nitrogen and oxygen atoms in total. The highest BCUT2D eigenvalue weighted by atomic mass is 19.1. The van der Waals surface area contributed by atoms with E-state index in [4.69, 9.17) is 0 Å². The standard InChI is InChI=1S/C23H30FN/c24-23-15-13-22(14-16-23)19-25(18-21-10-5-2-6-11-21)17-7-12-20-8-3-1-4-9-20/h1,3-4,8-9,13-16,21H,2,5-7,10-12,17-19H2. The fraction of sp³-hybridized carbons (Fsp3) is 0.478. The molecule has 0 aromatic heterocycles. The molecule has 2 aromatic carbocycles. The van der Waals surface area contributed by atoms with Gasteiger partial charge in [0.25, 0.3) is 0 Å². The third-order valence-corrected chi connectivity index (χ3v) is 5.34. The number of rotatable bonds is 8. The van der Waals surface area contributed by atoms with Crippen molar-refractivity contribution in [2.45, 2.75) is 51.5 Å². The van der Waals surface area contributed by atoms with E-state index in [9.17, 15) is 4.39 Å². The van der Waals surface area contributed by atoms with Gasteiger partial charge in [-0.25, -0.2) is 4.39 Å². The maximum Gasteiger partial charge on any atom is 0.123 e. The van der Waals surface area contributed by atoms with Crippen LogP contribution in [0.3, 0.4) is 0 Å². The van der Waals surface area contributed by atoms with Gasteiger partial charge >= 0.3 is 0 Å². The molecular weight excluding hydrogens is 309 g/mol. The summed E-state index contributed by atoms with van der Waals surface area (Å²) in [4.78, 5) is 2.59. The minimum atomic E-state index is -0.147. The Balaban J connectivity index is 1.55. The SMILES string of the molecule is Fc1ccc(CN(CCCc2ccccc2)CC2CCCCC2)cc1. The van der Waals surface area contributed by atoms with Crippen LogP contribution >= 0.6 is 0 Å².